The molecule has 1 atom stereocenters. The number of ether oxygens (including phenoxy) is 1. The van der Waals surface area contributed by atoms with Crippen LogP contribution in [0, 0.1) is 6.92 Å². The van der Waals surface area contributed by atoms with Gasteiger partial charge in [0.2, 0.25) is 5.96 Å². The lowest BCUT2D eigenvalue weighted by atomic mass is 10.2. The van der Waals surface area contributed by atoms with E-state index in [1.54, 1.807) is 18.7 Å². The Bertz CT molecular complexity index is 1200. The predicted molar refractivity (Wildman–Crippen MR) is 116 cm³/mol. The molecule has 0 saturated carbocycles. The summed E-state index contributed by atoms with van der Waals surface area (Å²) in [6, 6.07) is 0. The summed E-state index contributed by atoms with van der Waals surface area (Å²) in [5.74, 6) is 0.153. The number of carboxylic acid groups (broad SMARTS) is 1. The minimum absolute atomic E-state index is 0.105. The van der Waals surface area contributed by atoms with E-state index in [1.165, 1.54) is 7.11 Å². The fourth-order valence-corrected chi connectivity index (χ4v) is 4.90. The number of carbonyl (C=O) groups is 1. The molecule has 2 N–H and O–H groups in total. The lowest BCUT2D eigenvalue weighted by Crippen LogP contribution is -2.42. The highest BCUT2D eigenvalue weighted by molar-refractivity contribution is 7.18. The van der Waals surface area contributed by atoms with Crippen molar-refractivity contribution in [3.63, 3.8) is 0 Å². The number of amides is 1. The van der Waals surface area contributed by atoms with Gasteiger partial charge < -0.3 is 20.1 Å². The average Bonchev–Trinajstić information content (AvgIpc) is 3.28. The number of thiophene rings is 1. The van der Waals surface area contributed by atoms with Gasteiger partial charge in [-0.25, -0.2) is 9.59 Å². The highest BCUT2D eigenvalue weighted by Gasteiger charge is 2.29. The van der Waals surface area contributed by atoms with Crippen LogP contribution in [0.5, 0.6) is 0 Å². The molecule has 0 spiro atoms. The Morgan fingerprint density at radius 1 is 1.33 bits per heavy atom. The third-order valence-corrected chi connectivity index (χ3v) is 6.65. The van der Waals surface area contributed by atoms with Gasteiger partial charge in [-0.2, -0.15) is 13.2 Å². The molecule has 2 aromatic rings. The van der Waals surface area contributed by atoms with Gasteiger partial charge in [-0.05, 0) is 19.4 Å². The molecule has 14 heteroatoms. The van der Waals surface area contributed by atoms with Crippen molar-refractivity contribution < 1.29 is 27.8 Å². The number of rotatable bonds is 7. The number of guanidine groups is 1. The van der Waals surface area contributed by atoms with Gasteiger partial charge in [0.1, 0.15) is 4.83 Å². The highest BCUT2D eigenvalue weighted by Crippen LogP contribution is 2.30. The molecule has 1 fully saturated rings. The third-order valence-electron chi connectivity index (χ3n) is 5.35. The third kappa shape index (κ3) is 5.38. The van der Waals surface area contributed by atoms with Gasteiger partial charge in [-0.3, -0.25) is 13.9 Å². The molecular weight excluding hydrogens is 467 g/mol. The van der Waals surface area contributed by atoms with Crippen molar-refractivity contribution in [1.29, 1.82) is 0 Å². The van der Waals surface area contributed by atoms with Crippen LogP contribution in [-0.4, -0.2) is 63.7 Å². The summed E-state index contributed by atoms with van der Waals surface area (Å²) in [5.41, 5.74) is -0.897. The van der Waals surface area contributed by atoms with E-state index in [1.807, 2.05) is 0 Å². The zero-order valence-corrected chi connectivity index (χ0v) is 19.0. The number of aromatic nitrogens is 2. The average molecular weight is 491 g/mol. The Hall–Kier alpha value is -2.87. The molecule has 0 aliphatic carbocycles. The largest absolute Gasteiger partial charge is 0.463 e. The lowest BCUT2D eigenvalue weighted by molar-refractivity contribution is -0.136. The second-order valence-corrected chi connectivity index (χ2v) is 8.74. The number of halogens is 3. The molecule has 2 aromatic heterocycles. The number of hydrogen-bond acceptors (Lipinski definition) is 5. The van der Waals surface area contributed by atoms with Crippen LogP contribution in [0.4, 0.5) is 18.0 Å². The van der Waals surface area contributed by atoms with Gasteiger partial charge in [0.25, 0.3) is 5.56 Å². The van der Waals surface area contributed by atoms with Crippen molar-refractivity contribution in [1.82, 2.24) is 19.4 Å². The zero-order chi connectivity index (χ0) is 24.5. The first-order chi connectivity index (χ1) is 15.4. The number of fused-ring (bicyclic) bond motifs is 1. The molecule has 182 valence electrons. The van der Waals surface area contributed by atoms with Gasteiger partial charge in [0.05, 0.1) is 31.0 Å². The fraction of sp³-hybridized carbons (Fsp3) is 0.579. The van der Waals surface area contributed by atoms with Gasteiger partial charge in [-0.15, -0.1) is 16.3 Å². The van der Waals surface area contributed by atoms with E-state index in [2.05, 4.69) is 10.3 Å². The van der Waals surface area contributed by atoms with E-state index in [4.69, 9.17) is 9.84 Å². The Morgan fingerprint density at radius 3 is 2.64 bits per heavy atom. The topological polar surface area (TPSA) is 118 Å². The maximum Gasteiger partial charge on any atom is 0.434 e. The number of aliphatic imine (C=N–C) groups is 1. The first-order valence-electron chi connectivity index (χ1n) is 10.1. The van der Waals surface area contributed by atoms with Crippen LogP contribution < -0.4 is 16.6 Å². The molecule has 0 radical (unpaired) electrons. The van der Waals surface area contributed by atoms with E-state index in [-0.39, 0.29) is 29.3 Å². The Balaban J connectivity index is 2.14. The van der Waals surface area contributed by atoms with Gasteiger partial charge >= 0.3 is 18.0 Å². The van der Waals surface area contributed by atoms with Gasteiger partial charge in [0, 0.05) is 31.6 Å². The first-order valence-corrected chi connectivity index (χ1v) is 10.9. The number of nitrogens with zero attached hydrogens (tertiary/aromatic N) is 4. The fourth-order valence-electron chi connectivity index (χ4n) is 3.57. The molecule has 1 aliphatic heterocycles. The number of aryl methyl sites for hydroxylation is 2. The van der Waals surface area contributed by atoms with Crippen molar-refractivity contribution >= 4 is 33.6 Å². The monoisotopic (exact) mass is 491 g/mol. The van der Waals surface area contributed by atoms with E-state index >= 15 is 0 Å². The van der Waals surface area contributed by atoms with E-state index in [0.717, 1.165) is 20.5 Å². The quantitative estimate of drug-likeness (QED) is 0.608. The molecule has 3 rings (SSSR count). The molecule has 1 unspecified atom stereocenters. The van der Waals surface area contributed by atoms with Crippen molar-refractivity contribution in [2.24, 2.45) is 4.99 Å². The minimum Gasteiger partial charge on any atom is -0.463 e. The van der Waals surface area contributed by atoms with Crippen LogP contribution in [0.1, 0.15) is 23.8 Å². The van der Waals surface area contributed by atoms with E-state index < -0.39 is 42.6 Å². The number of methoxy groups -OCH3 is 1. The van der Waals surface area contributed by atoms with Gasteiger partial charge in [0.15, 0.2) is 0 Å². The number of alkyl halides is 3. The second kappa shape index (κ2) is 9.55. The standard InChI is InChI=1S/C19H24F3N5O5S/c1-10(32-3)8-27-14(28)13-11(2)12(9-25-7-5-23-16(25)24-17(29)30)33-15(13)26(18(27)31)6-4-19(20,21)22/h10H,4-9H2,1-3H3,(H,23,24)(H,29,30). The summed E-state index contributed by atoms with van der Waals surface area (Å²) in [6.07, 6.45) is -7.58. The van der Waals surface area contributed by atoms with Gasteiger partial charge in [-0.1, -0.05) is 0 Å². The van der Waals surface area contributed by atoms with Crippen LogP contribution in [0.3, 0.4) is 0 Å². The smallest absolute Gasteiger partial charge is 0.434 e. The lowest BCUT2D eigenvalue weighted by Gasteiger charge is -2.16. The summed E-state index contributed by atoms with van der Waals surface area (Å²) in [5, 5.41) is 12.0. The molecule has 3 heterocycles. The van der Waals surface area contributed by atoms with Crippen LogP contribution in [0.15, 0.2) is 14.6 Å². The molecule has 0 aromatic carbocycles. The van der Waals surface area contributed by atoms with Crippen LogP contribution >= 0.6 is 11.3 Å². The predicted octanol–water partition coefficient (Wildman–Crippen LogP) is 1.96. The highest BCUT2D eigenvalue weighted by atomic mass is 32.1. The zero-order valence-electron chi connectivity index (χ0n) is 18.2. The second-order valence-electron chi connectivity index (χ2n) is 7.66. The molecule has 10 nitrogen and oxygen atoms in total. The van der Waals surface area contributed by atoms with Crippen LogP contribution in [0.2, 0.25) is 0 Å². The van der Waals surface area contributed by atoms with Crippen LogP contribution in [-0.2, 0) is 24.4 Å². The molecule has 33 heavy (non-hydrogen) atoms. The molecular formula is C19H24F3N5O5S. The summed E-state index contributed by atoms with van der Waals surface area (Å²) in [4.78, 5) is 43.1. The van der Waals surface area contributed by atoms with Crippen molar-refractivity contribution in [3.05, 3.63) is 31.3 Å². The van der Waals surface area contributed by atoms with Crippen molar-refractivity contribution in [3.8, 4) is 0 Å². The molecule has 1 aliphatic rings. The SMILES string of the molecule is COC(C)Cn1c(=O)c2c(C)c(CN3CCN/C3=N\C(=O)O)sc2n(CCC(F)(F)F)c1=O. The van der Waals surface area contributed by atoms with E-state index in [0.29, 0.717) is 23.5 Å². The molecule has 1 amide bonds. The minimum atomic E-state index is -4.48. The normalized spacial score (nSPS) is 16.5. The maximum atomic E-state index is 13.2. The summed E-state index contributed by atoms with van der Waals surface area (Å²) in [6.45, 7) is 3.68. The Kier molecular flexibility index (Phi) is 7.17. The Morgan fingerprint density at radius 2 is 2.03 bits per heavy atom. The number of nitrogens with one attached hydrogen (secondary N) is 1. The van der Waals surface area contributed by atoms with Crippen molar-refractivity contribution in [2.45, 2.75) is 52.2 Å². The van der Waals surface area contributed by atoms with Crippen LogP contribution in [0.25, 0.3) is 10.2 Å². The summed E-state index contributed by atoms with van der Waals surface area (Å²) >= 11 is 1.05. The summed E-state index contributed by atoms with van der Waals surface area (Å²) < 4.78 is 45.9. The van der Waals surface area contributed by atoms with E-state index in [9.17, 15) is 27.6 Å². The first kappa shape index (κ1) is 24.8. The molecule has 1 saturated heterocycles. The number of hydrogen-bond donors (Lipinski definition) is 2. The molecule has 0 bridgehead atoms. The Labute approximate surface area is 189 Å². The maximum absolute atomic E-state index is 13.2. The summed E-state index contributed by atoms with van der Waals surface area (Å²) in [7, 11) is 1.41. The van der Waals surface area contributed by atoms with Crippen molar-refractivity contribution in [2.75, 3.05) is 20.2 Å².